The van der Waals surface area contributed by atoms with Gasteiger partial charge in [0.2, 0.25) is 0 Å². The molecule has 1 saturated carbocycles. The summed E-state index contributed by atoms with van der Waals surface area (Å²) < 4.78 is 0. The zero-order valence-corrected chi connectivity index (χ0v) is 5.25. The van der Waals surface area contributed by atoms with E-state index in [1.807, 2.05) is 0 Å². The first kappa shape index (κ1) is 6.99. The van der Waals surface area contributed by atoms with Crippen LogP contribution in [0.15, 0.2) is 0 Å². The zero-order chi connectivity index (χ0) is 6.91. The Morgan fingerprint density at radius 3 is 1.89 bits per heavy atom. The Bertz CT molecular complexity index is 90.5. The van der Waals surface area contributed by atoms with Crippen LogP contribution in [0.4, 0.5) is 0 Å². The van der Waals surface area contributed by atoms with E-state index < -0.39 is 5.79 Å². The molecule has 3 nitrogen and oxygen atoms in total. The van der Waals surface area contributed by atoms with Crippen LogP contribution in [0.5, 0.6) is 0 Å². The lowest BCUT2D eigenvalue weighted by Crippen LogP contribution is -2.35. The Morgan fingerprint density at radius 1 is 1.11 bits per heavy atom. The molecule has 0 atom stereocenters. The zero-order valence-electron chi connectivity index (χ0n) is 5.25. The fraction of sp³-hybridized carbons (Fsp3) is 1.00. The molecule has 3 heteroatoms. The van der Waals surface area contributed by atoms with Crippen molar-refractivity contribution in [2.75, 3.05) is 0 Å². The van der Waals surface area contributed by atoms with Crippen LogP contribution in [0.2, 0.25) is 0 Å². The van der Waals surface area contributed by atoms with Gasteiger partial charge in [-0.2, -0.15) is 0 Å². The van der Waals surface area contributed by atoms with Crippen LogP contribution < -0.4 is 0 Å². The first-order chi connectivity index (χ1) is 4.10. The van der Waals surface area contributed by atoms with Crippen LogP contribution in [0.1, 0.15) is 25.7 Å². The van der Waals surface area contributed by atoms with Gasteiger partial charge >= 0.3 is 0 Å². The normalized spacial score (nSPS) is 28.3. The van der Waals surface area contributed by atoms with Gasteiger partial charge in [0.1, 0.15) is 0 Å². The van der Waals surface area contributed by atoms with Crippen molar-refractivity contribution in [3.8, 4) is 0 Å². The molecule has 0 aromatic heterocycles. The van der Waals surface area contributed by atoms with E-state index in [-0.39, 0.29) is 6.10 Å². The van der Waals surface area contributed by atoms with E-state index in [0.717, 1.165) is 0 Å². The number of aliphatic hydroxyl groups is 3. The third kappa shape index (κ3) is 1.93. The standard InChI is InChI=1S/C6H12O3/c7-5-1-3-6(8,9)4-2-5/h5,7-9H,1-4H2. The maximum absolute atomic E-state index is 8.94. The average Bonchev–Trinajstić information content (AvgIpc) is 1.78. The highest BCUT2D eigenvalue weighted by Gasteiger charge is 2.29. The molecule has 0 amide bonds. The summed E-state index contributed by atoms with van der Waals surface area (Å²) in [4.78, 5) is 0. The quantitative estimate of drug-likeness (QED) is 0.393. The summed E-state index contributed by atoms with van der Waals surface area (Å²) in [6, 6.07) is 0. The molecule has 54 valence electrons. The number of rotatable bonds is 0. The molecule has 9 heavy (non-hydrogen) atoms. The van der Waals surface area contributed by atoms with Gasteiger partial charge in [0.15, 0.2) is 5.79 Å². The summed E-state index contributed by atoms with van der Waals surface area (Å²) in [6.45, 7) is 0. The molecular weight excluding hydrogens is 120 g/mol. The summed E-state index contributed by atoms with van der Waals surface area (Å²) in [6.07, 6.45) is 1.29. The van der Waals surface area contributed by atoms with E-state index >= 15 is 0 Å². The molecule has 0 unspecified atom stereocenters. The molecule has 1 fully saturated rings. The molecule has 0 heterocycles. The van der Waals surface area contributed by atoms with Crippen LogP contribution in [0.25, 0.3) is 0 Å². The predicted molar refractivity (Wildman–Crippen MR) is 31.6 cm³/mol. The smallest absolute Gasteiger partial charge is 0.162 e. The minimum absolute atomic E-state index is 0.300. The monoisotopic (exact) mass is 132 g/mol. The van der Waals surface area contributed by atoms with Crippen LogP contribution in [-0.4, -0.2) is 27.2 Å². The molecular formula is C6H12O3. The largest absolute Gasteiger partial charge is 0.393 e. The Hall–Kier alpha value is -0.120. The number of hydrogen-bond acceptors (Lipinski definition) is 3. The third-order valence-electron chi connectivity index (χ3n) is 1.76. The fourth-order valence-electron chi connectivity index (χ4n) is 1.06. The highest BCUT2D eigenvalue weighted by molar-refractivity contribution is 4.75. The molecule has 0 radical (unpaired) electrons. The van der Waals surface area contributed by atoms with Gasteiger partial charge in [-0.25, -0.2) is 0 Å². The summed E-state index contributed by atoms with van der Waals surface area (Å²) in [5.74, 6) is -1.50. The Labute approximate surface area is 53.9 Å². The van der Waals surface area contributed by atoms with Crippen molar-refractivity contribution in [1.29, 1.82) is 0 Å². The van der Waals surface area contributed by atoms with Crippen LogP contribution >= 0.6 is 0 Å². The summed E-state index contributed by atoms with van der Waals surface area (Å²) in [5, 5.41) is 26.8. The highest BCUT2D eigenvalue weighted by Crippen LogP contribution is 2.25. The number of hydrogen-bond donors (Lipinski definition) is 3. The van der Waals surface area contributed by atoms with Crippen LogP contribution in [-0.2, 0) is 0 Å². The van der Waals surface area contributed by atoms with E-state index in [1.165, 1.54) is 0 Å². The molecule has 0 spiro atoms. The highest BCUT2D eigenvalue weighted by atomic mass is 16.5. The molecule has 0 aromatic carbocycles. The first-order valence-corrected chi connectivity index (χ1v) is 3.23. The molecule has 1 rings (SSSR count). The average molecular weight is 132 g/mol. The van der Waals surface area contributed by atoms with Crippen molar-refractivity contribution < 1.29 is 15.3 Å². The summed E-state index contributed by atoms with van der Waals surface area (Å²) in [7, 11) is 0. The van der Waals surface area contributed by atoms with Crippen molar-refractivity contribution in [1.82, 2.24) is 0 Å². The van der Waals surface area contributed by atoms with E-state index in [0.29, 0.717) is 25.7 Å². The van der Waals surface area contributed by atoms with Crippen molar-refractivity contribution in [3.05, 3.63) is 0 Å². The lowest BCUT2D eigenvalue weighted by molar-refractivity contribution is -0.191. The second-order valence-corrected chi connectivity index (χ2v) is 2.71. The minimum atomic E-state index is -1.50. The van der Waals surface area contributed by atoms with Crippen molar-refractivity contribution in [2.24, 2.45) is 0 Å². The van der Waals surface area contributed by atoms with Gasteiger partial charge in [-0.3, -0.25) is 0 Å². The lowest BCUT2D eigenvalue weighted by atomic mass is 9.92. The van der Waals surface area contributed by atoms with Crippen molar-refractivity contribution in [3.63, 3.8) is 0 Å². The second-order valence-electron chi connectivity index (χ2n) is 2.71. The predicted octanol–water partition coefficient (Wildman–Crippen LogP) is -0.398. The van der Waals surface area contributed by atoms with Gasteiger partial charge in [0.05, 0.1) is 6.10 Å². The third-order valence-corrected chi connectivity index (χ3v) is 1.76. The topological polar surface area (TPSA) is 60.7 Å². The van der Waals surface area contributed by atoms with Crippen LogP contribution in [0.3, 0.4) is 0 Å². The van der Waals surface area contributed by atoms with Gasteiger partial charge in [-0.15, -0.1) is 0 Å². The summed E-state index contributed by atoms with van der Waals surface area (Å²) >= 11 is 0. The lowest BCUT2D eigenvalue weighted by Gasteiger charge is -2.28. The van der Waals surface area contributed by atoms with E-state index in [9.17, 15) is 0 Å². The summed E-state index contributed by atoms with van der Waals surface area (Å²) in [5.41, 5.74) is 0. The van der Waals surface area contributed by atoms with E-state index in [1.54, 1.807) is 0 Å². The Morgan fingerprint density at radius 2 is 1.56 bits per heavy atom. The van der Waals surface area contributed by atoms with Gasteiger partial charge in [0, 0.05) is 12.8 Å². The van der Waals surface area contributed by atoms with E-state index in [2.05, 4.69) is 0 Å². The van der Waals surface area contributed by atoms with Gasteiger partial charge < -0.3 is 15.3 Å². The maximum Gasteiger partial charge on any atom is 0.162 e. The molecule has 0 saturated heterocycles. The van der Waals surface area contributed by atoms with Crippen LogP contribution in [0, 0.1) is 0 Å². The SMILES string of the molecule is OC1CCC(O)(O)CC1. The van der Waals surface area contributed by atoms with Gasteiger partial charge in [0.25, 0.3) is 0 Å². The minimum Gasteiger partial charge on any atom is -0.393 e. The Balaban J connectivity index is 2.35. The molecule has 0 aliphatic heterocycles. The molecule has 1 aliphatic rings. The van der Waals surface area contributed by atoms with E-state index in [4.69, 9.17) is 15.3 Å². The second kappa shape index (κ2) is 2.25. The fourth-order valence-corrected chi connectivity index (χ4v) is 1.06. The first-order valence-electron chi connectivity index (χ1n) is 3.23. The number of aliphatic hydroxyl groups excluding tert-OH is 1. The van der Waals surface area contributed by atoms with Crippen molar-refractivity contribution >= 4 is 0 Å². The maximum atomic E-state index is 8.94. The molecule has 0 aromatic rings. The van der Waals surface area contributed by atoms with Crippen molar-refractivity contribution in [2.45, 2.75) is 37.6 Å². The molecule has 0 bridgehead atoms. The molecule has 3 N–H and O–H groups in total. The molecule has 1 aliphatic carbocycles. The van der Waals surface area contributed by atoms with Gasteiger partial charge in [-0.05, 0) is 12.8 Å². The Kier molecular flexibility index (Phi) is 1.75. The van der Waals surface area contributed by atoms with Gasteiger partial charge in [-0.1, -0.05) is 0 Å².